The zero-order valence-electron chi connectivity index (χ0n) is 14.9. The topological polar surface area (TPSA) is 119 Å². The normalized spacial score (nSPS) is 18.6. The third-order valence-electron chi connectivity index (χ3n) is 5.16. The van der Waals surface area contributed by atoms with Gasteiger partial charge in [0.1, 0.15) is 5.69 Å². The maximum atomic E-state index is 11.7. The molecule has 9 nitrogen and oxygen atoms in total. The third-order valence-corrected chi connectivity index (χ3v) is 6.27. The summed E-state index contributed by atoms with van der Waals surface area (Å²) in [5, 5.41) is 15.6. The molecule has 2 fully saturated rings. The van der Waals surface area contributed by atoms with Crippen molar-refractivity contribution in [2.75, 3.05) is 24.2 Å². The number of nitro benzene ring substituents is 1. The molecule has 0 amide bonds. The Morgan fingerprint density at radius 2 is 1.89 bits per heavy atom. The van der Waals surface area contributed by atoms with Crippen molar-refractivity contribution in [2.24, 2.45) is 0 Å². The van der Waals surface area contributed by atoms with Gasteiger partial charge in [-0.1, -0.05) is 5.16 Å². The van der Waals surface area contributed by atoms with Crippen LogP contribution in [0.4, 0.5) is 11.4 Å². The van der Waals surface area contributed by atoms with E-state index in [1.54, 1.807) is 0 Å². The van der Waals surface area contributed by atoms with Crippen molar-refractivity contribution in [2.45, 2.75) is 42.4 Å². The van der Waals surface area contributed by atoms with Crippen LogP contribution < -0.4 is 4.90 Å². The second-order valence-corrected chi connectivity index (χ2v) is 9.22. The summed E-state index contributed by atoms with van der Waals surface area (Å²) < 4.78 is 28.7. The molecule has 27 heavy (non-hydrogen) atoms. The molecule has 0 radical (unpaired) electrons. The van der Waals surface area contributed by atoms with Crippen molar-refractivity contribution >= 4 is 21.2 Å². The van der Waals surface area contributed by atoms with E-state index in [1.807, 2.05) is 4.90 Å². The predicted molar refractivity (Wildman–Crippen MR) is 96.7 cm³/mol. The maximum Gasteiger partial charge on any atom is 0.293 e. The van der Waals surface area contributed by atoms with E-state index in [2.05, 4.69) is 10.1 Å². The fraction of sp³-hybridized carbons (Fsp3) is 0.529. The molecule has 1 aliphatic carbocycles. The molecule has 2 heterocycles. The third kappa shape index (κ3) is 3.66. The molecule has 2 aliphatic rings. The maximum absolute atomic E-state index is 11.7. The minimum Gasteiger partial charge on any atom is -0.366 e. The monoisotopic (exact) mass is 392 g/mol. The van der Waals surface area contributed by atoms with Crippen LogP contribution in [-0.4, -0.2) is 42.8 Å². The summed E-state index contributed by atoms with van der Waals surface area (Å²) in [6.07, 6.45) is 4.77. The van der Waals surface area contributed by atoms with E-state index in [9.17, 15) is 18.5 Å². The number of sulfone groups is 1. The number of nitro groups is 1. The van der Waals surface area contributed by atoms with E-state index in [-0.39, 0.29) is 16.5 Å². The number of rotatable bonds is 5. The van der Waals surface area contributed by atoms with E-state index in [0.29, 0.717) is 24.7 Å². The Balaban J connectivity index is 1.50. The first kappa shape index (κ1) is 17.9. The molecule has 0 atom stereocenters. The van der Waals surface area contributed by atoms with Gasteiger partial charge in [0.15, 0.2) is 15.7 Å². The van der Waals surface area contributed by atoms with Crippen molar-refractivity contribution in [3.8, 4) is 0 Å². The average Bonchev–Trinajstić information content (AvgIpc) is 3.37. The predicted octanol–water partition coefficient (Wildman–Crippen LogP) is 2.64. The van der Waals surface area contributed by atoms with Gasteiger partial charge in [-0.25, -0.2) is 8.42 Å². The molecule has 0 unspecified atom stereocenters. The second-order valence-electron chi connectivity index (χ2n) is 7.21. The molecular formula is C17H20N4O5S. The first-order valence-corrected chi connectivity index (χ1v) is 10.8. The molecule has 1 aliphatic heterocycles. The van der Waals surface area contributed by atoms with Crippen LogP contribution in [0.5, 0.6) is 0 Å². The Morgan fingerprint density at radius 1 is 1.19 bits per heavy atom. The molecule has 0 spiro atoms. The smallest absolute Gasteiger partial charge is 0.293 e. The van der Waals surface area contributed by atoms with Crippen LogP contribution >= 0.6 is 0 Å². The molecule has 1 aromatic carbocycles. The molecule has 2 aromatic rings. The van der Waals surface area contributed by atoms with Gasteiger partial charge >= 0.3 is 0 Å². The molecule has 10 heteroatoms. The summed E-state index contributed by atoms with van der Waals surface area (Å²) in [4.78, 5) is 17.3. The van der Waals surface area contributed by atoms with Crippen LogP contribution in [0.25, 0.3) is 0 Å². The molecule has 1 aromatic heterocycles. The van der Waals surface area contributed by atoms with E-state index in [4.69, 9.17) is 4.52 Å². The SMILES string of the molecule is CS(=O)(=O)c1ccc(N2CCC(c3noc(C4CC4)n3)CC2)c([N+](=O)[O-])c1. The van der Waals surface area contributed by atoms with Gasteiger partial charge in [-0.05, 0) is 37.8 Å². The lowest BCUT2D eigenvalue weighted by Gasteiger charge is -2.32. The number of benzene rings is 1. The van der Waals surface area contributed by atoms with Crippen LogP contribution in [0.2, 0.25) is 0 Å². The summed E-state index contributed by atoms with van der Waals surface area (Å²) in [5.41, 5.74) is 0.254. The molecule has 0 N–H and O–H groups in total. The zero-order valence-corrected chi connectivity index (χ0v) is 15.7. The summed E-state index contributed by atoms with van der Waals surface area (Å²) in [6.45, 7) is 1.22. The lowest BCUT2D eigenvalue weighted by molar-refractivity contribution is -0.384. The number of hydrogen-bond donors (Lipinski definition) is 0. The summed E-state index contributed by atoms with van der Waals surface area (Å²) in [5.74, 6) is 2.03. The Labute approximate surface area is 156 Å². The van der Waals surface area contributed by atoms with Crippen LogP contribution in [0.15, 0.2) is 27.6 Å². The highest BCUT2D eigenvalue weighted by atomic mass is 32.2. The fourth-order valence-electron chi connectivity index (χ4n) is 3.44. The largest absolute Gasteiger partial charge is 0.366 e. The first-order valence-electron chi connectivity index (χ1n) is 8.90. The van der Waals surface area contributed by atoms with Gasteiger partial charge in [0, 0.05) is 37.2 Å². The molecule has 1 saturated carbocycles. The van der Waals surface area contributed by atoms with E-state index < -0.39 is 14.8 Å². The molecule has 144 valence electrons. The van der Waals surface area contributed by atoms with Gasteiger partial charge in [-0.2, -0.15) is 4.98 Å². The van der Waals surface area contributed by atoms with Crippen LogP contribution in [-0.2, 0) is 9.84 Å². The van der Waals surface area contributed by atoms with Crippen LogP contribution in [0.3, 0.4) is 0 Å². The Kier molecular flexibility index (Phi) is 4.37. The number of nitrogens with zero attached hydrogens (tertiary/aromatic N) is 4. The van der Waals surface area contributed by atoms with Gasteiger partial charge in [0.25, 0.3) is 5.69 Å². The van der Waals surface area contributed by atoms with Crippen molar-refractivity contribution < 1.29 is 17.9 Å². The summed E-state index contributed by atoms with van der Waals surface area (Å²) in [6, 6.07) is 4.08. The Bertz CT molecular complexity index is 975. The highest BCUT2D eigenvalue weighted by molar-refractivity contribution is 7.90. The first-order chi connectivity index (χ1) is 12.8. The standard InChI is InChI=1S/C17H20N4O5S/c1-27(24,25)13-4-5-14(15(10-13)21(22)23)20-8-6-11(7-9-20)16-18-17(26-19-16)12-2-3-12/h4-5,10-12H,2-3,6-9H2,1H3. The molecule has 0 bridgehead atoms. The van der Waals surface area contributed by atoms with Crippen molar-refractivity contribution in [1.29, 1.82) is 0 Å². The molecular weight excluding hydrogens is 372 g/mol. The van der Waals surface area contributed by atoms with Gasteiger partial charge in [-0.15, -0.1) is 0 Å². The summed E-state index contributed by atoms with van der Waals surface area (Å²) >= 11 is 0. The Morgan fingerprint density at radius 3 is 2.48 bits per heavy atom. The lowest BCUT2D eigenvalue weighted by atomic mass is 9.95. The van der Waals surface area contributed by atoms with E-state index >= 15 is 0 Å². The van der Waals surface area contributed by atoms with Crippen LogP contribution in [0.1, 0.15) is 49.2 Å². The van der Waals surface area contributed by atoms with Crippen molar-refractivity contribution in [3.63, 3.8) is 0 Å². The highest BCUT2D eigenvalue weighted by Crippen LogP contribution is 2.40. The Hall–Kier alpha value is -2.49. The van der Waals surface area contributed by atoms with E-state index in [0.717, 1.165) is 49.7 Å². The van der Waals surface area contributed by atoms with Crippen molar-refractivity contribution in [3.05, 3.63) is 40.0 Å². The number of hydrogen-bond acceptors (Lipinski definition) is 8. The average molecular weight is 392 g/mol. The van der Waals surface area contributed by atoms with Gasteiger partial charge < -0.3 is 9.42 Å². The van der Waals surface area contributed by atoms with E-state index in [1.165, 1.54) is 12.1 Å². The highest BCUT2D eigenvalue weighted by Gasteiger charge is 2.32. The fourth-order valence-corrected chi connectivity index (χ4v) is 4.08. The lowest BCUT2D eigenvalue weighted by Crippen LogP contribution is -2.33. The van der Waals surface area contributed by atoms with Gasteiger partial charge in [0.05, 0.1) is 9.82 Å². The number of aromatic nitrogens is 2. The molecule has 4 rings (SSSR count). The van der Waals surface area contributed by atoms with Gasteiger partial charge in [-0.3, -0.25) is 10.1 Å². The number of anilines is 1. The molecule has 1 saturated heterocycles. The minimum absolute atomic E-state index is 0.0489. The summed E-state index contributed by atoms with van der Waals surface area (Å²) in [7, 11) is -3.50. The van der Waals surface area contributed by atoms with Crippen LogP contribution in [0, 0.1) is 10.1 Å². The number of piperidine rings is 1. The zero-order chi connectivity index (χ0) is 19.2. The van der Waals surface area contributed by atoms with Crippen molar-refractivity contribution in [1.82, 2.24) is 10.1 Å². The van der Waals surface area contributed by atoms with Gasteiger partial charge in [0.2, 0.25) is 5.89 Å². The quantitative estimate of drug-likeness (QED) is 0.562. The second kappa shape index (κ2) is 6.59. The minimum atomic E-state index is -3.50.